The van der Waals surface area contributed by atoms with Crippen LogP contribution in [-0.2, 0) is 12.4 Å². The molecule has 0 saturated carbocycles. The van der Waals surface area contributed by atoms with Crippen molar-refractivity contribution in [2.45, 2.75) is 37.3 Å². The SMILES string of the molecule is CC(C)c1ccc(-c2noc(CSc3nnc(COc4ccc(F)cc4)n3N)n2)cc1. The minimum absolute atomic E-state index is 0.104. The highest BCUT2D eigenvalue weighted by Crippen LogP contribution is 2.24. The zero-order valence-electron chi connectivity index (χ0n) is 17.0. The first-order chi connectivity index (χ1) is 15.0. The maximum absolute atomic E-state index is 13.0. The van der Waals surface area contributed by atoms with Crippen LogP contribution < -0.4 is 10.6 Å². The Labute approximate surface area is 182 Å². The number of aromatic nitrogens is 5. The van der Waals surface area contributed by atoms with E-state index in [1.165, 1.54) is 46.3 Å². The summed E-state index contributed by atoms with van der Waals surface area (Å²) < 4.78 is 25.2. The summed E-state index contributed by atoms with van der Waals surface area (Å²) in [7, 11) is 0. The molecule has 0 unspecified atom stereocenters. The average molecular weight is 441 g/mol. The summed E-state index contributed by atoms with van der Waals surface area (Å²) in [5.74, 6) is 8.52. The maximum atomic E-state index is 13.0. The standard InChI is InChI=1S/C21H21FN6O2S/c1-13(2)14-3-5-15(6-4-14)20-24-19(30-27-20)12-31-21-26-25-18(28(21)23)11-29-17-9-7-16(22)8-10-17/h3-10,13H,11-12,23H2,1-2H3. The van der Waals surface area contributed by atoms with E-state index in [-0.39, 0.29) is 12.4 Å². The predicted molar refractivity (Wildman–Crippen MR) is 114 cm³/mol. The van der Waals surface area contributed by atoms with E-state index in [1.54, 1.807) is 0 Å². The van der Waals surface area contributed by atoms with Gasteiger partial charge in [0.2, 0.25) is 16.9 Å². The van der Waals surface area contributed by atoms with Gasteiger partial charge >= 0.3 is 0 Å². The van der Waals surface area contributed by atoms with Crippen molar-refractivity contribution >= 4 is 11.8 Å². The van der Waals surface area contributed by atoms with Crippen molar-refractivity contribution in [2.24, 2.45) is 0 Å². The van der Waals surface area contributed by atoms with Crippen molar-refractivity contribution in [3.05, 3.63) is 71.6 Å². The van der Waals surface area contributed by atoms with Crippen LogP contribution in [0.5, 0.6) is 5.75 Å². The third-order valence-corrected chi connectivity index (χ3v) is 5.47. The summed E-state index contributed by atoms with van der Waals surface area (Å²) in [5.41, 5.74) is 2.15. The van der Waals surface area contributed by atoms with Gasteiger partial charge < -0.3 is 15.1 Å². The number of hydrogen-bond acceptors (Lipinski definition) is 8. The van der Waals surface area contributed by atoms with Crippen LogP contribution in [0.15, 0.2) is 58.2 Å². The molecule has 0 aliphatic carbocycles. The lowest BCUT2D eigenvalue weighted by Gasteiger charge is -2.06. The topological polar surface area (TPSA) is 105 Å². The molecule has 0 bridgehead atoms. The zero-order valence-corrected chi connectivity index (χ0v) is 17.8. The van der Waals surface area contributed by atoms with E-state index in [0.717, 1.165) is 5.56 Å². The smallest absolute Gasteiger partial charge is 0.237 e. The van der Waals surface area contributed by atoms with Gasteiger partial charge in [0.25, 0.3) is 0 Å². The molecule has 0 aliphatic heterocycles. The van der Waals surface area contributed by atoms with Gasteiger partial charge in [0, 0.05) is 5.56 Å². The normalized spacial score (nSPS) is 11.2. The lowest BCUT2D eigenvalue weighted by Crippen LogP contribution is -2.15. The number of nitrogen functional groups attached to an aromatic ring is 1. The number of ether oxygens (including phenoxy) is 1. The van der Waals surface area contributed by atoms with Crippen molar-refractivity contribution in [1.82, 2.24) is 25.0 Å². The second-order valence-corrected chi connectivity index (χ2v) is 8.03. The number of nitrogens with zero attached hydrogens (tertiary/aromatic N) is 5. The molecule has 0 spiro atoms. The van der Waals surface area contributed by atoms with Crippen LogP contribution in [0.3, 0.4) is 0 Å². The van der Waals surface area contributed by atoms with Crippen LogP contribution in [0.2, 0.25) is 0 Å². The van der Waals surface area contributed by atoms with E-state index >= 15 is 0 Å². The number of rotatable bonds is 8. The van der Waals surface area contributed by atoms with Gasteiger partial charge in [-0.15, -0.1) is 10.2 Å². The Hall–Kier alpha value is -3.40. The van der Waals surface area contributed by atoms with Gasteiger partial charge in [-0.3, -0.25) is 0 Å². The quantitative estimate of drug-likeness (QED) is 0.321. The molecule has 0 radical (unpaired) electrons. The Balaban J connectivity index is 1.35. The molecule has 2 N–H and O–H groups in total. The Morgan fingerprint density at radius 2 is 1.84 bits per heavy atom. The molecular formula is C21H21FN6O2S. The first-order valence-electron chi connectivity index (χ1n) is 9.63. The molecule has 31 heavy (non-hydrogen) atoms. The van der Waals surface area contributed by atoms with Crippen molar-refractivity contribution < 1.29 is 13.7 Å². The van der Waals surface area contributed by atoms with Gasteiger partial charge in [-0.25, -0.2) is 9.07 Å². The molecule has 0 atom stereocenters. The van der Waals surface area contributed by atoms with E-state index in [1.807, 2.05) is 12.1 Å². The third-order valence-electron chi connectivity index (χ3n) is 4.55. The predicted octanol–water partition coefficient (Wildman–Crippen LogP) is 4.18. The van der Waals surface area contributed by atoms with Crippen LogP contribution in [0.25, 0.3) is 11.4 Å². The van der Waals surface area contributed by atoms with E-state index in [9.17, 15) is 4.39 Å². The number of nitrogens with two attached hydrogens (primary N) is 1. The first-order valence-corrected chi connectivity index (χ1v) is 10.6. The molecule has 10 heteroatoms. The summed E-state index contributed by atoms with van der Waals surface area (Å²) in [6.07, 6.45) is 0. The molecule has 8 nitrogen and oxygen atoms in total. The van der Waals surface area contributed by atoms with Gasteiger partial charge in [0.05, 0.1) is 5.75 Å². The van der Waals surface area contributed by atoms with Gasteiger partial charge in [0.1, 0.15) is 18.2 Å². The van der Waals surface area contributed by atoms with Crippen molar-refractivity contribution in [2.75, 3.05) is 5.84 Å². The zero-order chi connectivity index (χ0) is 21.8. The van der Waals surface area contributed by atoms with E-state index in [4.69, 9.17) is 15.1 Å². The summed E-state index contributed by atoms with van der Waals surface area (Å²) in [5, 5.41) is 12.6. The van der Waals surface area contributed by atoms with E-state index in [0.29, 0.717) is 40.1 Å². The molecule has 2 aromatic heterocycles. The molecule has 0 aliphatic rings. The number of hydrogen-bond donors (Lipinski definition) is 1. The molecule has 4 aromatic rings. The Morgan fingerprint density at radius 1 is 1.10 bits per heavy atom. The van der Waals surface area contributed by atoms with Gasteiger partial charge in [-0.05, 0) is 35.7 Å². The van der Waals surface area contributed by atoms with Crippen LogP contribution in [-0.4, -0.2) is 25.0 Å². The van der Waals surface area contributed by atoms with Crippen molar-refractivity contribution in [1.29, 1.82) is 0 Å². The highest BCUT2D eigenvalue weighted by atomic mass is 32.2. The lowest BCUT2D eigenvalue weighted by molar-refractivity contribution is 0.291. The van der Waals surface area contributed by atoms with E-state index < -0.39 is 0 Å². The average Bonchev–Trinajstić information content (AvgIpc) is 3.39. The first kappa shape index (κ1) is 20.9. The summed E-state index contributed by atoms with van der Waals surface area (Å²) in [4.78, 5) is 4.44. The minimum Gasteiger partial charge on any atom is -0.486 e. The molecule has 2 heterocycles. The third kappa shape index (κ3) is 5.02. The monoisotopic (exact) mass is 440 g/mol. The largest absolute Gasteiger partial charge is 0.486 e. The highest BCUT2D eigenvalue weighted by Gasteiger charge is 2.14. The second kappa shape index (κ2) is 9.17. The van der Waals surface area contributed by atoms with Crippen LogP contribution >= 0.6 is 11.8 Å². The molecule has 2 aromatic carbocycles. The van der Waals surface area contributed by atoms with Gasteiger partial charge in [-0.2, -0.15) is 4.98 Å². The molecular weight excluding hydrogens is 419 g/mol. The summed E-state index contributed by atoms with van der Waals surface area (Å²) in [6, 6.07) is 13.8. The van der Waals surface area contributed by atoms with Crippen molar-refractivity contribution in [3.8, 4) is 17.1 Å². The van der Waals surface area contributed by atoms with E-state index in [2.05, 4.69) is 46.3 Å². The van der Waals surface area contributed by atoms with Crippen LogP contribution in [0.1, 0.15) is 37.0 Å². The van der Waals surface area contributed by atoms with Gasteiger partial charge in [-0.1, -0.05) is 55.0 Å². The van der Waals surface area contributed by atoms with Crippen molar-refractivity contribution in [3.63, 3.8) is 0 Å². The Morgan fingerprint density at radius 3 is 2.55 bits per heavy atom. The fraction of sp³-hybridized carbons (Fsp3) is 0.238. The minimum atomic E-state index is -0.329. The highest BCUT2D eigenvalue weighted by molar-refractivity contribution is 7.98. The second-order valence-electron chi connectivity index (χ2n) is 7.09. The molecule has 0 fully saturated rings. The molecule has 0 amide bonds. The molecule has 0 saturated heterocycles. The molecule has 160 valence electrons. The fourth-order valence-electron chi connectivity index (χ4n) is 2.76. The summed E-state index contributed by atoms with van der Waals surface area (Å²) in [6.45, 7) is 4.40. The lowest BCUT2D eigenvalue weighted by atomic mass is 10.0. The van der Waals surface area contributed by atoms with Gasteiger partial charge in [0.15, 0.2) is 5.82 Å². The van der Waals surface area contributed by atoms with Crippen LogP contribution in [0, 0.1) is 5.82 Å². The maximum Gasteiger partial charge on any atom is 0.237 e. The number of thioether (sulfide) groups is 1. The van der Waals surface area contributed by atoms with Crippen LogP contribution in [0.4, 0.5) is 4.39 Å². The number of benzene rings is 2. The summed E-state index contributed by atoms with van der Waals surface area (Å²) >= 11 is 1.32. The number of halogens is 1. The molecule has 4 rings (SSSR count). The Bertz CT molecular complexity index is 1140. The fourth-order valence-corrected chi connectivity index (χ4v) is 3.47. The Kier molecular flexibility index (Phi) is 6.17.